The average Bonchev–Trinajstić information content (AvgIpc) is 2.59. The predicted molar refractivity (Wildman–Crippen MR) is 58.8 cm³/mol. The van der Waals surface area contributed by atoms with E-state index in [4.69, 9.17) is 9.11 Å². The highest BCUT2D eigenvalue weighted by molar-refractivity contribution is 7.89. The zero-order chi connectivity index (χ0) is 12.8. The van der Waals surface area contributed by atoms with Crippen LogP contribution in [0, 0.1) is 0 Å². The molecule has 0 heterocycles. The Labute approximate surface area is 98.1 Å². The summed E-state index contributed by atoms with van der Waals surface area (Å²) in [4.78, 5) is -1.55. The summed E-state index contributed by atoms with van der Waals surface area (Å²) in [6.45, 7) is 0. The maximum absolute atomic E-state index is 11.2. The van der Waals surface area contributed by atoms with Gasteiger partial charge in [-0.15, -0.1) is 0 Å². The number of hydrogen-bond acceptors (Lipinski definition) is 4. The second-order valence-corrected chi connectivity index (χ2v) is 6.27. The number of allylic oxidation sites excluding steroid dienone is 1. The van der Waals surface area contributed by atoms with E-state index in [1.54, 1.807) is 12.2 Å². The van der Waals surface area contributed by atoms with Crippen molar-refractivity contribution in [2.75, 3.05) is 0 Å². The normalized spacial score (nSPS) is 14.9. The highest BCUT2D eigenvalue weighted by atomic mass is 32.2. The molecule has 1 aromatic carbocycles. The maximum atomic E-state index is 11.2. The summed E-state index contributed by atoms with van der Waals surface area (Å²) in [5.74, 6) is 0. The van der Waals surface area contributed by atoms with Crippen molar-refractivity contribution in [1.82, 2.24) is 0 Å². The van der Waals surface area contributed by atoms with Gasteiger partial charge in [0.1, 0.15) is 9.79 Å². The first-order valence-corrected chi connectivity index (χ1v) is 7.36. The third kappa shape index (κ3) is 2.12. The summed E-state index contributed by atoms with van der Waals surface area (Å²) in [6, 6.07) is 2.32. The molecule has 0 fully saturated rings. The van der Waals surface area contributed by atoms with Gasteiger partial charge in [0, 0.05) is 0 Å². The van der Waals surface area contributed by atoms with Crippen LogP contribution in [0.4, 0.5) is 0 Å². The molecule has 8 heteroatoms. The Kier molecular flexibility index (Phi) is 2.62. The number of rotatable bonds is 2. The van der Waals surface area contributed by atoms with Crippen LogP contribution in [0.1, 0.15) is 11.1 Å². The summed E-state index contributed by atoms with van der Waals surface area (Å²) >= 11 is 0. The largest absolute Gasteiger partial charge is 0.296 e. The van der Waals surface area contributed by atoms with E-state index in [2.05, 4.69) is 0 Å². The summed E-state index contributed by atoms with van der Waals surface area (Å²) in [5.41, 5.74) is 0.674. The van der Waals surface area contributed by atoms with Crippen molar-refractivity contribution in [3.8, 4) is 0 Å². The van der Waals surface area contributed by atoms with Gasteiger partial charge in [-0.3, -0.25) is 9.11 Å². The molecule has 17 heavy (non-hydrogen) atoms. The van der Waals surface area contributed by atoms with Gasteiger partial charge in [-0.05, 0) is 23.6 Å². The monoisotopic (exact) mass is 276 g/mol. The zero-order valence-corrected chi connectivity index (χ0v) is 9.99. The van der Waals surface area contributed by atoms with Crippen LogP contribution in [0.3, 0.4) is 0 Å². The smallest absolute Gasteiger partial charge is 0.282 e. The fraction of sp³-hybridized carbons (Fsp3) is 0.111. The second kappa shape index (κ2) is 3.64. The molecule has 0 bridgehead atoms. The van der Waals surface area contributed by atoms with Crippen LogP contribution in [0.15, 0.2) is 28.0 Å². The molecule has 0 unspecified atom stereocenters. The lowest BCUT2D eigenvalue weighted by atomic mass is 10.1. The molecule has 0 atom stereocenters. The van der Waals surface area contributed by atoms with E-state index in [1.165, 1.54) is 6.07 Å². The van der Waals surface area contributed by atoms with Crippen LogP contribution in [0.25, 0.3) is 6.08 Å². The second-order valence-electron chi connectivity index (χ2n) is 3.52. The highest BCUT2D eigenvalue weighted by Gasteiger charge is 2.29. The topological polar surface area (TPSA) is 109 Å². The third-order valence-corrected chi connectivity index (χ3v) is 4.42. The van der Waals surface area contributed by atoms with E-state index in [-0.39, 0.29) is 12.0 Å². The maximum Gasteiger partial charge on any atom is 0.296 e. The van der Waals surface area contributed by atoms with Crippen molar-refractivity contribution in [1.29, 1.82) is 0 Å². The van der Waals surface area contributed by atoms with Gasteiger partial charge < -0.3 is 0 Å². The number of fused-ring (bicyclic) bond motifs is 1. The lowest BCUT2D eigenvalue weighted by Crippen LogP contribution is -2.11. The van der Waals surface area contributed by atoms with Gasteiger partial charge in [0.15, 0.2) is 0 Å². The van der Waals surface area contributed by atoms with Gasteiger partial charge in [-0.25, -0.2) is 0 Å². The number of benzene rings is 1. The molecule has 2 rings (SSSR count). The van der Waals surface area contributed by atoms with E-state index in [0.29, 0.717) is 5.56 Å². The molecule has 0 aliphatic heterocycles. The van der Waals surface area contributed by atoms with E-state index < -0.39 is 30.0 Å². The van der Waals surface area contributed by atoms with Crippen molar-refractivity contribution < 1.29 is 25.9 Å². The van der Waals surface area contributed by atoms with Crippen LogP contribution in [0.5, 0.6) is 0 Å². The molecule has 0 spiro atoms. The molecular formula is C9H8O6S2. The fourth-order valence-corrected chi connectivity index (χ4v) is 3.84. The Morgan fingerprint density at radius 3 is 2.18 bits per heavy atom. The SMILES string of the molecule is O=S(=O)(O)c1ccc2c(c1S(=O)(=O)O)CC=C2. The van der Waals surface area contributed by atoms with Crippen molar-refractivity contribution in [3.63, 3.8) is 0 Å². The first kappa shape index (κ1) is 12.2. The Morgan fingerprint density at radius 2 is 1.65 bits per heavy atom. The molecule has 0 saturated heterocycles. The minimum atomic E-state index is -4.72. The van der Waals surface area contributed by atoms with Gasteiger partial charge in [0.25, 0.3) is 20.2 Å². The molecule has 1 aliphatic rings. The summed E-state index contributed by atoms with van der Waals surface area (Å²) in [6.07, 6.45) is 3.43. The molecule has 0 amide bonds. The third-order valence-electron chi connectivity index (χ3n) is 2.42. The van der Waals surface area contributed by atoms with Gasteiger partial charge in [-0.1, -0.05) is 18.2 Å². The molecule has 0 radical (unpaired) electrons. The molecule has 0 saturated carbocycles. The standard InChI is InChI=1S/C9H8O6S2/c10-16(11,12)8-5-4-6-2-1-3-7(6)9(8)17(13,14)15/h1-2,4-5H,3H2,(H,10,11,12)(H,13,14,15). The Bertz CT molecular complexity index is 712. The van der Waals surface area contributed by atoms with Crippen molar-refractivity contribution >= 4 is 26.3 Å². The quantitative estimate of drug-likeness (QED) is 0.771. The van der Waals surface area contributed by atoms with Gasteiger partial charge in [0.05, 0.1) is 0 Å². The van der Waals surface area contributed by atoms with Crippen molar-refractivity contribution in [3.05, 3.63) is 29.3 Å². The lowest BCUT2D eigenvalue weighted by Gasteiger charge is -2.09. The number of hydrogen-bond donors (Lipinski definition) is 2. The summed E-state index contributed by atoms with van der Waals surface area (Å²) in [7, 11) is -9.43. The average molecular weight is 276 g/mol. The van der Waals surface area contributed by atoms with E-state index in [0.717, 1.165) is 6.07 Å². The van der Waals surface area contributed by atoms with Crippen molar-refractivity contribution in [2.24, 2.45) is 0 Å². The molecule has 1 aliphatic carbocycles. The predicted octanol–water partition coefficient (Wildman–Crippen LogP) is 0.749. The molecule has 92 valence electrons. The van der Waals surface area contributed by atoms with Gasteiger partial charge in [0.2, 0.25) is 0 Å². The van der Waals surface area contributed by atoms with Crippen LogP contribution < -0.4 is 0 Å². The fourth-order valence-electron chi connectivity index (χ4n) is 1.78. The zero-order valence-electron chi connectivity index (χ0n) is 8.36. The lowest BCUT2D eigenvalue weighted by molar-refractivity contribution is 0.465. The molecular weight excluding hydrogens is 268 g/mol. The van der Waals surface area contributed by atoms with Gasteiger partial charge >= 0.3 is 0 Å². The first-order chi connectivity index (χ1) is 7.71. The molecule has 2 N–H and O–H groups in total. The Morgan fingerprint density at radius 1 is 1.00 bits per heavy atom. The molecule has 0 aromatic heterocycles. The first-order valence-electron chi connectivity index (χ1n) is 4.48. The van der Waals surface area contributed by atoms with Crippen molar-refractivity contribution in [2.45, 2.75) is 16.2 Å². The van der Waals surface area contributed by atoms with Crippen LogP contribution in [-0.4, -0.2) is 25.9 Å². The molecule has 1 aromatic rings. The van der Waals surface area contributed by atoms with Crippen LogP contribution >= 0.6 is 0 Å². The Hall–Kier alpha value is -1.22. The van der Waals surface area contributed by atoms with E-state index in [9.17, 15) is 16.8 Å². The van der Waals surface area contributed by atoms with Crippen LogP contribution in [-0.2, 0) is 26.7 Å². The van der Waals surface area contributed by atoms with E-state index in [1.807, 2.05) is 0 Å². The summed E-state index contributed by atoms with van der Waals surface area (Å²) in [5, 5.41) is 0. The van der Waals surface area contributed by atoms with E-state index >= 15 is 0 Å². The minimum Gasteiger partial charge on any atom is -0.282 e. The van der Waals surface area contributed by atoms with Gasteiger partial charge in [-0.2, -0.15) is 16.8 Å². The molecule has 6 nitrogen and oxygen atoms in total. The minimum absolute atomic E-state index is 0.169. The highest BCUT2D eigenvalue weighted by Crippen LogP contribution is 2.31. The Balaban J connectivity index is 2.91. The summed E-state index contributed by atoms with van der Waals surface area (Å²) < 4.78 is 62.6. The van der Waals surface area contributed by atoms with Crippen LogP contribution in [0.2, 0.25) is 0 Å².